The van der Waals surface area contributed by atoms with Crippen molar-refractivity contribution >= 4 is 64.5 Å². The number of Topliss-reactive ketones (excluding diaryl/α,β-unsaturated/α-hetero) is 1. The van der Waals surface area contributed by atoms with Crippen molar-refractivity contribution in [1.29, 1.82) is 0 Å². The second-order valence-electron chi connectivity index (χ2n) is 25.5. The van der Waals surface area contributed by atoms with E-state index in [1.54, 1.807) is 36.1 Å². The van der Waals surface area contributed by atoms with Crippen molar-refractivity contribution in [2.24, 2.45) is 23.7 Å². The van der Waals surface area contributed by atoms with Crippen molar-refractivity contribution in [3.05, 3.63) is 64.1 Å². The fourth-order valence-electron chi connectivity index (χ4n) is 11.4. The smallest absolute Gasteiger partial charge is 0.308 e. The molecule has 0 spiro atoms. The van der Waals surface area contributed by atoms with Gasteiger partial charge in [0.2, 0.25) is 17.7 Å². The molecule has 6 amide bonds. The van der Waals surface area contributed by atoms with Crippen molar-refractivity contribution in [2.45, 2.75) is 137 Å². The second-order valence-corrected chi connectivity index (χ2v) is 26.4. The van der Waals surface area contributed by atoms with Gasteiger partial charge in [-0.25, -0.2) is 4.98 Å². The van der Waals surface area contributed by atoms with Crippen molar-refractivity contribution < 1.29 is 109 Å². The quantitative estimate of drug-likeness (QED) is 0.0464. The Morgan fingerprint density at radius 3 is 1.60 bits per heavy atom. The molecule has 3 heterocycles. The lowest BCUT2D eigenvalue weighted by Gasteiger charge is -2.38. The summed E-state index contributed by atoms with van der Waals surface area (Å²) < 4.78 is 77.7. The molecule has 1 saturated heterocycles. The Hall–Kier alpha value is -6.26. The fraction of sp³-hybridized carbons (Fsp3) is 0.730. The van der Waals surface area contributed by atoms with Crippen LogP contribution in [0.2, 0.25) is 0 Å². The van der Waals surface area contributed by atoms with E-state index in [0.29, 0.717) is 189 Å². The van der Waals surface area contributed by atoms with Crippen molar-refractivity contribution in [3.8, 4) is 0 Å². The molecule has 4 rings (SSSR count). The van der Waals surface area contributed by atoms with Crippen molar-refractivity contribution in [1.82, 2.24) is 30.3 Å². The number of carbonyl (C=O) groups excluding carboxylic acids is 9. The minimum absolute atomic E-state index is 0.0351. The highest BCUT2D eigenvalue weighted by atomic mass is 32.1. The van der Waals surface area contributed by atoms with Crippen molar-refractivity contribution in [3.63, 3.8) is 0 Å². The molecule has 588 valence electrons. The van der Waals surface area contributed by atoms with Gasteiger partial charge in [-0.3, -0.25) is 48.1 Å². The Bertz CT molecular complexity index is 2780. The van der Waals surface area contributed by atoms with E-state index in [1.165, 1.54) is 30.4 Å². The lowest BCUT2D eigenvalue weighted by molar-refractivity contribution is -0.150. The maximum absolute atomic E-state index is 14.8. The molecule has 2 N–H and O–H groups in total. The molecule has 1 aromatic carbocycles. The average molecular weight is 1490 g/mol. The number of nitrogens with one attached hydrogen (secondary N) is 2. The van der Waals surface area contributed by atoms with Crippen LogP contribution in [0.15, 0.2) is 47.9 Å². The number of aromatic nitrogens is 1. The van der Waals surface area contributed by atoms with Gasteiger partial charge >= 0.3 is 11.9 Å². The first-order valence-electron chi connectivity index (χ1n) is 36.8. The molecule has 2 aliphatic rings. The summed E-state index contributed by atoms with van der Waals surface area (Å²) in [4.78, 5) is 126. The first kappa shape index (κ1) is 90.1. The van der Waals surface area contributed by atoms with E-state index in [0.717, 1.165) is 23.3 Å². The molecule has 104 heavy (non-hydrogen) atoms. The van der Waals surface area contributed by atoms with Crippen LogP contribution in [0.5, 0.6) is 0 Å². The molecule has 7 atom stereocenters. The van der Waals surface area contributed by atoms with Crippen LogP contribution >= 0.6 is 11.3 Å². The highest BCUT2D eigenvalue weighted by Gasteiger charge is 2.39. The van der Waals surface area contributed by atoms with Gasteiger partial charge in [0.15, 0.2) is 11.9 Å². The summed E-state index contributed by atoms with van der Waals surface area (Å²) >= 11 is 1.18. The number of imide groups is 1. The molecule has 0 saturated carbocycles. The third kappa shape index (κ3) is 37.8. The number of likely N-dealkylation sites (tertiary alicyclic amines) is 1. The van der Waals surface area contributed by atoms with Gasteiger partial charge in [0.25, 0.3) is 17.7 Å². The summed E-state index contributed by atoms with van der Waals surface area (Å²) in [7, 11) is 1.72. The average Bonchev–Trinajstić information content (AvgIpc) is 1.20. The normalized spacial score (nSPS) is 15.6. The fourth-order valence-corrected chi connectivity index (χ4v) is 12.2. The molecule has 0 radical (unpaired) electrons. The molecule has 0 aliphatic carbocycles. The summed E-state index contributed by atoms with van der Waals surface area (Å²) in [5, 5.41) is 7.75. The van der Waals surface area contributed by atoms with Gasteiger partial charge in [0.1, 0.15) is 10.7 Å². The predicted octanol–water partition coefficient (Wildman–Crippen LogP) is 5.57. The van der Waals surface area contributed by atoms with Gasteiger partial charge < -0.3 is 86.7 Å². The van der Waals surface area contributed by atoms with Crippen LogP contribution in [0.25, 0.3) is 0 Å². The molecular formula is C74H118N6O23S. The van der Waals surface area contributed by atoms with Crippen LogP contribution < -0.4 is 10.6 Å². The van der Waals surface area contributed by atoms with Gasteiger partial charge in [-0.15, -0.1) is 11.3 Å². The predicted molar refractivity (Wildman–Crippen MR) is 384 cm³/mol. The molecule has 2 aromatic rings. The Kier molecular flexibility index (Phi) is 47.8. The van der Waals surface area contributed by atoms with Gasteiger partial charge in [-0.05, 0) is 56.4 Å². The zero-order valence-electron chi connectivity index (χ0n) is 62.7. The van der Waals surface area contributed by atoms with Crippen LogP contribution in [0.4, 0.5) is 0 Å². The maximum Gasteiger partial charge on any atom is 0.308 e. The van der Waals surface area contributed by atoms with Crippen LogP contribution in [0.3, 0.4) is 0 Å². The Balaban J connectivity index is 0.975. The number of amides is 6. The van der Waals surface area contributed by atoms with E-state index in [1.807, 2.05) is 58.0 Å². The lowest BCUT2D eigenvalue weighted by atomic mass is 9.82. The highest BCUT2D eigenvalue weighted by molar-refractivity contribution is 7.09. The van der Waals surface area contributed by atoms with E-state index < -0.39 is 59.8 Å². The third-order valence-electron chi connectivity index (χ3n) is 17.2. The number of rotatable bonds is 62. The second kappa shape index (κ2) is 55.2. The maximum atomic E-state index is 14.8. The molecule has 0 unspecified atom stereocenters. The molecule has 0 bridgehead atoms. The zero-order chi connectivity index (χ0) is 75.5. The van der Waals surface area contributed by atoms with Crippen LogP contribution in [0, 0.1) is 23.7 Å². The first-order valence-corrected chi connectivity index (χ1v) is 37.7. The van der Waals surface area contributed by atoms with Crippen molar-refractivity contribution in [2.75, 3.05) is 192 Å². The van der Waals surface area contributed by atoms with Crippen LogP contribution in [0.1, 0.15) is 133 Å². The number of ether oxygens (including phenoxy) is 14. The summed E-state index contributed by atoms with van der Waals surface area (Å²) in [6, 6.07) is 8.12. The first-order chi connectivity index (χ1) is 50.3. The third-order valence-corrected chi connectivity index (χ3v) is 18.2. The zero-order valence-corrected chi connectivity index (χ0v) is 63.5. The summed E-state index contributed by atoms with van der Waals surface area (Å²) in [6.07, 6.45) is 5.25. The Morgan fingerprint density at radius 2 is 1.12 bits per heavy atom. The lowest BCUT2D eigenvalue weighted by Crippen LogP contribution is -2.50. The van der Waals surface area contributed by atoms with Gasteiger partial charge in [0, 0.05) is 88.4 Å². The standard InChI is InChI=1S/C74H118N6O23S/c1-9-56(5)61(73(88)78(8)64(55(3)4)53-66(103-58(7)81)72-77-62(54-104-72)71(87)76-60(50-57(6)74(89)102-10-2)51-59-16-12-11-13-17-59)52-65(82)63-18-14-15-24-79(63)70(86)22-26-90-28-30-92-32-34-94-36-38-96-40-42-98-44-46-100-48-49-101-47-45-99-43-41-97-39-37-95-35-33-93-31-29-91-27-23-75-67(83)21-25-80-68(84)19-20-69(80)85/h11-13,16-17,19-20,54-57,60-61,63-64,66H,9-10,14-15,18,21-53H2,1-8H3,(H,75,83)(H,76,87)/t56-,57-,60+,61-,63+,64+,66+/m0/s1. The number of nitrogens with zero attached hydrogens (tertiary/aromatic N) is 4. The van der Waals surface area contributed by atoms with Gasteiger partial charge in [-0.2, -0.15) is 0 Å². The SMILES string of the molecule is CCOC(=O)[C@@H](C)C[C@H](Cc1ccccc1)NC(=O)c1csc([C@@H](C[C@H](C(C)C)N(C)C(=O)[C@@H](CC(=O)[C@H]2CCCCN2C(=O)CCOCCOCCOCCOCCOCCOCCOCCOCCOCCOCCOCCOCCNC(=O)CCN2C(=O)C=CC2=O)[C@@H](C)CC)OC(C)=O)n1. The number of esters is 2. The topological polar surface area (TPSA) is 330 Å². The number of hydrogen-bond donors (Lipinski definition) is 2. The monoisotopic (exact) mass is 1490 g/mol. The highest BCUT2D eigenvalue weighted by Crippen LogP contribution is 2.33. The number of thiazole rings is 1. The van der Waals surface area contributed by atoms with E-state index >= 15 is 0 Å². The minimum Gasteiger partial charge on any atom is -0.466 e. The van der Waals surface area contributed by atoms with Gasteiger partial charge in [0.05, 0.1) is 184 Å². The van der Waals surface area contributed by atoms with Crippen LogP contribution in [-0.4, -0.2) is 283 Å². The number of hydrogen-bond acceptors (Lipinski definition) is 25. The van der Waals surface area contributed by atoms with E-state index in [-0.39, 0.29) is 99.1 Å². The molecule has 30 heteroatoms. The molecule has 29 nitrogen and oxygen atoms in total. The Morgan fingerprint density at radius 1 is 0.635 bits per heavy atom. The summed E-state index contributed by atoms with van der Waals surface area (Å²) in [6.45, 7) is 23.2. The molecule has 1 fully saturated rings. The minimum atomic E-state index is -0.895. The van der Waals surface area contributed by atoms with E-state index in [9.17, 15) is 43.2 Å². The number of ketones is 1. The van der Waals surface area contributed by atoms with E-state index in [4.69, 9.17) is 66.3 Å². The number of piperidine rings is 1. The largest absolute Gasteiger partial charge is 0.466 e. The Labute approximate surface area is 618 Å². The number of carbonyl (C=O) groups is 9. The summed E-state index contributed by atoms with van der Waals surface area (Å²) in [5.74, 6) is -4.41. The van der Waals surface area contributed by atoms with Crippen LogP contribution in [-0.2, 0) is 111 Å². The van der Waals surface area contributed by atoms with E-state index in [2.05, 4.69) is 15.6 Å². The number of benzene rings is 1. The molecule has 2 aliphatic heterocycles. The van der Waals surface area contributed by atoms with Gasteiger partial charge in [-0.1, -0.05) is 71.4 Å². The molecule has 1 aromatic heterocycles. The summed E-state index contributed by atoms with van der Waals surface area (Å²) in [5.41, 5.74) is 1.11. The molecular weight excluding hydrogens is 1370 g/mol.